The number of alkyl halides is 1. The Morgan fingerprint density at radius 1 is 1.47 bits per heavy atom. The minimum Gasteiger partial charge on any atom is -0.326 e. The van der Waals surface area contributed by atoms with Crippen molar-refractivity contribution in [3.05, 3.63) is 28.8 Å². The van der Waals surface area contributed by atoms with Gasteiger partial charge in [-0.05, 0) is 18.6 Å². The molecule has 2 heterocycles. The molecule has 0 N–H and O–H groups in total. The first-order chi connectivity index (χ1) is 7.27. The van der Waals surface area contributed by atoms with E-state index in [0.29, 0.717) is 16.3 Å². The largest absolute Gasteiger partial charge is 0.326 e. The molecule has 3 rings (SSSR count). The number of amidine groups is 1. The summed E-state index contributed by atoms with van der Waals surface area (Å²) in [6.45, 7) is 0.741. The molecule has 1 atom stereocenters. The molecular weight excluding hydrogens is 215 g/mol. The molecule has 2 aliphatic rings. The Morgan fingerprint density at radius 2 is 2.33 bits per heavy atom. The first kappa shape index (κ1) is 9.16. The zero-order valence-corrected chi connectivity index (χ0v) is 8.84. The first-order valence-electron chi connectivity index (χ1n) is 5.04. The topological polar surface area (TPSA) is 15.6 Å². The average Bonchev–Trinajstić information content (AvgIpc) is 2.66. The maximum atomic E-state index is 14.2. The summed E-state index contributed by atoms with van der Waals surface area (Å²) in [6.07, 6.45) is 0.723. The van der Waals surface area contributed by atoms with Crippen LogP contribution in [-0.2, 0) is 0 Å². The predicted molar refractivity (Wildman–Crippen MR) is 58.3 cm³/mol. The van der Waals surface area contributed by atoms with Gasteiger partial charge in [0.05, 0.1) is 16.3 Å². The normalized spacial score (nSPS) is 23.5. The van der Waals surface area contributed by atoms with Crippen LogP contribution in [-0.4, -0.2) is 17.3 Å². The Morgan fingerprint density at radius 3 is 3.20 bits per heavy atom. The van der Waals surface area contributed by atoms with Gasteiger partial charge >= 0.3 is 0 Å². The highest BCUT2D eigenvalue weighted by atomic mass is 35.5. The van der Waals surface area contributed by atoms with Crippen molar-refractivity contribution in [1.82, 2.24) is 4.90 Å². The molecule has 2 nitrogen and oxygen atoms in total. The standard InChI is InChI=1S/C11H10ClFN2/c12-7-3-1-4-8-10(7)11(13)15-6-2-5-9(15)14-8/h1,3-4,11H,2,5-6H2. The number of hydrogen-bond donors (Lipinski definition) is 0. The van der Waals surface area contributed by atoms with E-state index in [1.54, 1.807) is 11.0 Å². The molecule has 1 unspecified atom stereocenters. The molecular formula is C11H10ClFN2. The van der Waals surface area contributed by atoms with Crippen molar-refractivity contribution < 1.29 is 4.39 Å². The third-order valence-corrected chi connectivity index (χ3v) is 3.25. The summed E-state index contributed by atoms with van der Waals surface area (Å²) in [7, 11) is 0. The minimum atomic E-state index is -1.12. The Labute approximate surface area is 92.4 Å². The van der Waals surface area contributed by atoms with Gasteiger partial charge in [-0.1, -0.05) is 17.7 Å². The van der Waals surface area contributed by atoms with Gasteiger partial charge in [-0.2, -0.15) is 0 Å². The summed E-state index contributed by atoms with van der Waals surface area (Å²) < 4.78 is 14.2. The summed E-state index contributed by atoms with van der Waals surface area (Å²) in [5, 5.41) is 0.467. The van der Waals surface area contributed by atoms with Crippen LogP contribution in [0.2, 0.25) is 5.02 Å². The molecule has 0 bridgehead atoms. The van der Waals surface area contributed by atoms with E-state index in [2.05, 4.69) is 4.99 Å². The Hall–Kier alpha value is -1.09. The van der Waals surface area contributed by atoms with Crippen LogP contribution in [0.1, 0.15) is 24.7 Å². The fraction of sp³-hybridized carbons (Fsp3) is 0.364. The lowest BCUT2D eigenvalue weighted by molar-refractivity contribution is 0.164. The average molecular weight is 225 g/mol. The SMILES string of the molecule is FC1c2c(Cl)cccc2N=C2CCCN21. The van der Waals surface area contributed by atoms with Crippen molar-refractivity contribution in [2.45, 2.75) is 19.1 Å². The summed E-state index contributed by atoms with van der Waals surface area (Å²) in [5.41, 5.74) is 1.20. The van der Waals surface area contributed by atoms with Crippen molar-refractivity contribution in [3.63, 3.8) is 0 Å². The van der Waals surface area contributed by atoms with Crippen LogP contribution in [0.5, 0.6) is 0 Å². The third-order valence-electron chi connectivity index (χ3n) is 2.92. The molecule has 0 amide bonds. The van der Waals surface area contributed by atoms with E-state index in [4.69, 9.17) is 11.6 Å². The second-order valence-corrected chi connectivity index (χ2v) is 4.24. The van der Waals surface area contributed by atoms with Crippen LogP contribution >= 0.6 is 11.6 Å². The van der Waals surface area contributed by atoms with Gasteiger partial charge in [-0.15, -0.1) is 0 Å². The van der Waals surface area contributed by atoms with E-state index in [0.717, 1.165) is 25.2 Å². The van der Waals surface area contributed by atoms with Gasteiger partial charge in [-0.25, -0.2) is 9.38 Å². The molecule has 15 heavy (non-hydrogen) atoms. The zero-order chi connectivity index (χ0) is 10.4. The fourth-order valence-corrected chi connectivity index (χ4v) is 2.46. The lowest BCUT2D eigenvalue weighted by atomic mass is 10.1. The predicted octanol–water partition coefficient (Wildman–Crippen LogP) is 3.45. The van der Waals surface area contributed by atoms with Gasteiger partial charge in [0.2, 0.25) is 6.30 Å². The highest BCUT2D eigenvalue weighted by Crippen LogP contribution is 2.42. The second-order valence-electron chi connectivity index (χ2n) is 3.83. The second kappa shape index (κ2) is 3.20. The van der Waals surface area contributed by atoms with Crippen molar-refractivity contribution >= 4 is 23.1 Å². The molecule has 0 radical (unpaired) electrons. The van der Waals surface area contributed by atoms with E-state index in [1.807, 2.05) is 12.1 Å². The minimum absolute atomic E-state index is 0.467. The van der Waals surface area contributed by atoms with Gasteiger partial charge in [0.15, 0.2) is 0 Å². The zero-order valence-electron chi connectivity index (χ0n) is 8.08. The molecule has 1 fully saturated rings. The lowest BCUT2D eigenvalue weighted by Gasteiger charge is -2.29. The number of aliphatic imine (C=N–C) groups is 1. The maximum Gasteiger partial charge on any atom is 0.202 e. The summed E-state index contributed by atoms with van der Waals surface area (Å²) in [4.78, 5) is 6.14. The van der Waals surface area contributed by atoms with Crippen molar-refractivity contribution in [1.29, 1.82) is 0 Å². The van der Waals surface area contributed by atoms with E-state index in [1.165, 1.54) is 0 Å². The lowest BCUT2D eigenvalue weighted by Crippen LogP contribution is -2.30. The Kier molecular flexibility index (Phi) is 1.96. The molecule has 1 aromatic carbocycles. The molecule has 2 aliphatic heterocycles. The number of halogens is 2. The molecule has 0 saturated carbocycles. The molecule has 0 aromatic heterocycles. The highest BCUT2D eigenvalue weighted by Gasteiger charge is 2.33. The smallest absolute Gasteiger partial charge is 0.202 e. The maximum absolute atomic E-state index is 14.2. The van der Waals surface area contributed by atoms with Crippen LogP contribution in [0.25, 0.3) is 0 Å². The third kappa shape index (κ3) is 1.26. The highest BCUT2D eigenvalue weighted by molar-refractivity contribution is 6.31. The van der Waals surface area contributed by atoms with Crippen LogP contribution in [0.3, 0.4) is 0 Å². The van der Waals surface area contributed by atoms with E-state index in [-0.39, 0.29) is 0 Å². The van der Waals surface area contributed by atoms with Crippen molar-refractivity contribution in [3.8, 4) is 0 Å². The molecule has 1 aromatic rings. The molecule has 78 valence electrons. The van der Waals surface area contributed by atoms with E-state index < -0.39 is 6.30 Å². The van der Waals surface area contributed by atoms with Gasteiger partial charge < -0.3 is 4.90 Å². The van der Waals surface area contributed by atoms with E-state index >= 15 is 0 Å². The Bertz CT molecular complexity index is 444. The molecule has 0 spiro atoms. The summed E-state index contributed by atoms with van der Waals surface area (Å²) in [5.74, 6) is 0.859. The van der Waals surface area contributed by atoms with Crippen LogP contribution in [0, 0.1) is 0 Å². The molecule has 4 heteroatoms. The van der Waals surface area contributed by atoms with E-state index in [9.17, 15) is 4.39 Å². The van der Waals surface area contributed by atoms with Crippen LogP contribution in [0.15, 0.2) is 23.2 Å². The molecule has 0 aliphatic carbocycles. The number of nitrogens with zero attached hydrogens (tertiary/aromatic N) is 2. The quantitative estimate of drug-likeness (QED) is 0.617. The van der Waals surface area contributed by atoms with Crippen LogP contribution < -0.4 is 0 Å². The number of benzene rings is 1. The summed E-state index contributed by atoms with van der Waals surface area (Å²) in [6, 6.07) is 5.34. The first-order valence-corrected chi connectivity index (χ1v) is 5.42. The number of fused-ring (bicyclic) bond motifs is 2. The van der Waals surface area contributed by atoms with Gasteiger partial charge in [0, 0.05) is 13.0 Å². The summed E-state index contributed by atoms with van der Waals surface area (Å²) >= 11 is 5.99. The Balaban J connectivity index is 2.19. The van der Waals surface area contributed by atoms with Gasteiger partial charge in [-0.3, -0.25) is 0 Å². The monoisotopic (exact) mass is 224 g/mol. The van der Waals surface area contributed by atoms with Gasteiger partial charge in [0.25, 0.3) is 0 Å². The van der Waals surface area contributed by atoms with Crippen LogP contribution in [0.4, 0.5) is 10.1 Å². The number of rotatable bonds is 0. The van der Waals surface area contributed by atoms with Crippen molar-refractivity contribution in [2.24, 2.45) is 4.99 Å². The molecule has 1 saturated heterocycles. The number of hydrogen-bond acceptors (Lipinski definition) is 2. The van der Waals surface area contributed by atoms with Gasteiger partial charge in [0.1, 0.15) is 5.84 Å². The fourth-order valence-electron chi connectivity index (χ4n) is 2.20. The van der Waals surface area contributed by atoms with Crippen molar-refractivity contribution in [2.75, 3.05) is 6.54 Å².